The van der Waals surface area contributed by atoms with Crippen molar-refractivity contribution in [2.24, 2.45) is 0 Å². The topological polar surface area (TPSA) is 93.2 Å². The molecule has 2 amide bonds. The minimum Gasteiger partial charge on any atom is -0.399 e. The van der Waals surface area contributed by atoms with Gasteiger partial charge in [0.25, 0.3) is 0 Å². The minimum absolute atomic E-state index is 0.355. The maximum absolute atomic E-state index is 11.4. The summed E-state index contributed by atoms with van der Waals surface area (Å²) in [5, 5.41) is 8.66. The molecule has 82 valence electrons. The number of anilines is 3. The lowest BCUT2D eigenvalue weighted by atomic mass is 10.3. The fourth-order valence-corrected chi connectivity index (χ4v) is 1.12. The Morgan fingerprint density at radius 1 is 1.19 bits per heavy atom. The molecule has 6 nitrogen and oxygen atoms in total. The average molecular weight is 218 g/mol. The van der Waals surface area contributed by atoms with Crippen LogP contribution in [0.15, 0.2) is 41.1 Å². The summed E-state index contributed by atoms with van der Waals surface area (Å²) in [6.07, 6.45) is 1.37. The van der Waals surface area contributed by atoms with Crippen LogP contribution in [-0.4, -0.2) is 11.2 Å². The lowest BCUT2D eigenvalue weighted by Gasteiger charge is -2.04. The number of aromatic nitrogens is 1. The van der Waals surface area contributed by atoms with Crippen LogP contribution in [0.5, 0.6) is 0 Å². The molecule has 0 bridgehead atoms. The van der Waals surface area contributed by atoms with Crippen LogP contribution in [0.3, 0.4) is 0 Å². The van der Waals surface area contributed by atoms with Crippen molar-refractivity contribution < 1.29 is 9.32 Å². The van der Waals surface area contributed by atoms with E-state index in [0.29, 0.717) is 17.2 Å². The summed E-state index contributed by atoms with van der Waals surface area (Å²) in [6.45, 7) is 0. The van der Waals surface area contributed by atoms with Crippen molar-refractivity contribution in [3.63, 3.8) is 0 Å². The van der Waals surface area contributed by atoms with E-state index in [1.165, 1.54) is 6.26 Å². The molecule has 0 saturated heterocycles. The molecule has 2 rings (SSSR count). The van der Waals surface area contributed by atoms with Crippen molar-refractivity contribution in [2.45, 2.75) is 0 Å². The van der Waals surface area contributed by atoms with Crippen molar-refractivity contribution >= 4 is 23.2 Å². The van der Waals surface area contributed by atoms with E-state index in [1.807, 2.05) is 0 Å². The average Bonchev–Trinajstić information content (AvgIpc) is 2.74. The van der Waals surface area contributed by atoms with Crippen LogP contribution in [0.2, 0.25) is 0 Å². The molecule has 0 unspecified atom stereocenters. The highest BCUT2D eigenvalue weighted by atomic mass is 16.5. The van der Waals surface area contributed by atoms with E-state index in [-0.39, 0.29) is 0 Å². The third kappa shape index (κ3) is 2.50. The van der Waals surface area contributed by atoms with Crippen LogP contribution in [-0.2, 0) is 0 Å². The molecule has 0 aliphatic carbocycles. The molecule has 1 aromatic carbocycles. The first kappa shape index (κ1) is 10.0. The predicted molar refractivity (Wildman–Crippen MR) is 60.0 cm³/mol. The first-order valence-electron chi connectivity index (χ1n) is 4.58. The van der Waals surface area contributed by atoms with Gasteiger partial charge in [-0.25, -0.2) is 4.79 Å². The molecule has 2 aromatic rings. The Hall–Kier alpha value is -2.50. The highest BCUT2D eigenvalue weighted by molar-refractivity contribution is 5.99. The maximum atomic E-state index is 11.4. The normalized spacial score (nSPS) is 9.75. The fraction of sp³-hybridized carbons (Fsp3) is 0. The highest BCUT2D eigenvalue weighted by Gasteiger charge is 2.03. The van der Waals surface area contributed by atoms with Crippen LogP contribution in [0.1, 0.15) is 0 Å². The van der Waals surface area contributed by atoms with E-state index in [0.717, 1.165) is 0 Å². The lowest BCUT2D eigenvalue weighted by molar-refractivity contribution is 0.262. The molecule has 0 aliphatic heterocycles. The number of nitrogens with one attached hydrogen (secondary N) is 2. The zero-order chi connectivity index (χ0) is 11.4. The van der Waals surface area contributed by atoms with Crippen molar-refractivity contribution in [1.82, 2.24) is 5.16 Å². The largest absolute Gasteiger partial charge is 0.399 e. The zero-order valence-electron chi connectivity index (χ0n) is 8.31. The second-order valence-corrected chi connectivity index (χ2v) is 3.09. The third-order valence-corrected chi connectivity index (χ3v) is 1.85. The number of carbonyl (C=O) groups excluding carboxylic acids is 1. The molecule has 1 aromatic heterocycles. The van der Waals surface area contributed by atoms with Crippen LogP contribution in [0.4, 0.5) is 22.0 Å². The molecular weight excluding hydrogens is 208 g/mol. The van der Waals surface area contributed by atoms with Crippen LogP contribution in [0, 0.1) is 0 Å². The fourth-order valence-electron chi connectivity index (χ4n) is 1.12. The Bertz CT molecular complexity index is 464. The molecule has 6 heteroatoms. The molecule has 0 spiro atoms. The number of nitrogens with zero attached hydrogens (tertiary/aromatic N) is 1. The second-order valence-electron chi connectivity index (χ2n) is 3.09. The smallest absolute Gasteiger partial charge is 0.324 e. The quantitative estimate of drug-likeness (QED) is 0.671. The van der Waals surface area contributed by atoms with E-state index in [4.69, 9.17) is 5.73 Å². The van der Waals surface area contributed by atoms with Gasteiger partial charge in [0.15, 0.2) is 5.82 Å². The Morgan fingerprint density at radius 2 is 1.94 bits per heavy atom. The zero-order valence-corrected chi connectivity index (χ0v) is 8.31. The molecule has 0 saturated carbocycles. The van der Waals surface area contributed by atoms with Gasteiger partial charge in [0.05, 0.1) is 0 Å². The van der Waals surface area contributed by atoms with E-state index in [2.05, 4.69) is 20.3 Å². The van der Waals surface area contributed by atoms with E-state index in [1.54, 1.807) is 30.3 Å². The van der Waals surface area contributed by atoms with Crippen molar-refractivity contribution in [3.8, 4) is 0 Å². The molecule has 1 heterocycles. The van der Waals surface area contributed by atoms with Crippen LogP contribution >= 0.6 is 0 Å². The van der Waals surface area contributed by atoms with Gasteiger partial charge in [-0.05, 0) is 24.3 Å². The standard InChI is InChI=1S/C10H10N4O2/c11-7-1-3-8(4-2-7)12-10(15)13-9-5-6-16-14-9/h1-6H,11H2,(H2,12,13,14,15). The summed E-state index contributed by atoms with van der Waals surface area (Å²) < 4.78 is 4.57. The van der Waals surface area contributed by atoms with Crippen molar-refractivity contribution in [2.75, 3.05) is 16.4 Å². The van der Waals surface area contributed by atoms with Gasteiger partial charge in [-0.2, -0.15) is 0 Å². The predicted octanol–water partition coefficient (Wildman–Crippen LogP) is 1.90. The highest BCUT2D eigenvalue weighted by Crippen LogP contribution is 2.11. The second kappa shape index (κ2) is 4.35. The number of rotatable bonds is 2. The van der Waals surface area contributed by atoms with E-state index in [9.17, 15) is 4.79 Å². The lowest BCUT2D eigenvalue weighted by Crippen LogP contribution is -2.19. The van der Waals surface area contributed by atoms with Gasteiger partial charge < -0.3 is 15.6 Å². The summed E-state index contributed by atoms with van der Waals surface area (Å²) >= 11 is 0. The maximum Gasteiger partial charge on any atom is 0.324 e. The van der Waals surface area contributed by atoms with E-state index >= 15 is 0 Å². The summed E-state index contributed by atoms with van der Waals surface area (Å²) in [4.78, 5) is 11.4. The van der Waals surface area contributed by atoms with Gasteiger partial charge in [-0.1, -0.05) is 5.16 Å². The number of hydrogen-bond donors (Lipinski definition) is 3. The van der Waals surface area contributed by atoms with Gasteiger partial charge in [-0.3, -0.25) is 5.32 Å². The van der Waals surface area contributed by atoms with Gasteiger partial charge >= 0.3 is 6.03 Å². The summed E-state index contributed by atoms with van der Waals surface area (Å²) in [5.74, 6) is 0.355. The third-order valence-electron chi connectivity index (χ3n) is 1.85. The number of urea groups is 1. The molecule has 4 N–H and O–H groups in total. The molecule has 0 atom stereocenters. The monoisotopic (exact) mass is 218 g/mol. The van der Waals surface area contributed by atoms with Crippen molar-refractivity contribution in [3.05, 3.63) is 36.6 Å². The summed E-state index contributed by atoms with van der Waals surface area (Å²) in [5.41, 5.74) is 6.81. The van der Waals surface area contributed by atoms with Crippen molar-refractivity contribution in [1.29, 1.82) is 0 Å². The Balaban J connectivity index is 1.95. The molecule has 0 aliphatic rings. The van der Waals surface area contributed by atoms with Gasteiger partial charge in [0.1, 0.15) is 6.26 Å². The van der Waals surface area contributed by atoms with Gasteiger partial charge in [0, 0.05) is 17.4 Å². The van der Waals surface area contributed by atoms with Crippen LogP contribution in [0.25, 0.3) is 0 Å². The molecular formula is C10H10N4O2. The Morgan fingerprint density at radius 3 is 2.56 bits per heavy atom. The van der Waals surface area contributed by atoms with Gasteiger partial charge in [-0.15, -0.1) is 0 Å². The number of nitrogen functional groups attached to an aromatic ring is 1. The minimum atomic E-state index is -0.390. The first-order valence-corrected chi connectivity index (χ1v) is 4.58. The van der Waals surface area contributed by atoms with E-state index < -0.39 is 6.03 Å². The number of nitrogens with two attached hydrogens (primary N) is 1. The number of carbonyl (C=O) groups is 1. The van der Waals surface area contributed by atoms with Crippen LogP contribution < -0.4 is 16.4 Å². The van der Waals surface area contributed by atoms with Gasteiger partial charge in [0.2, 0.25) is 0 Å². The number of benzene rings is 1. The summed E-state index contributed by atoms with van der Waals surface area (Å²) in [7, 11) is 0. The SMILES string of the molecule is Nc1ccc(NC(=O)Nc2ccon2)cc1. The number of amides is 2. The first-order chi connectivity index (χ1) is 7.74. The molecule has 16 heavy (non-hydrogen) atoms. The Kier molecular flexibility index (Phi) is 2.73. The molecule has 0 fully saturated rings. The summed E-state index contributed by atoms with van der Waals surface area (Å²) in [6, 6.07) is 7.97. The Labute approximate surface area is 91.4 Å². The number of hydrogen-bond acceptors (Lipinski definition) is 4. The molecule has 0 radical (unpaired) electrons.